The first-order valence-electron chi connectivity index (χ1n) is 5.38. The molecule has 98 valence electrons. The third kappa shape index (κ3) is 2.50. The van der Waals surface area contributed by atoms with Gasteiger partial charge in [-0.1, -0.05) is 0 Å². The molecule has 0 spiro atoms. The second kappa shape index (κ2) is 5.42. The Bertz CT molecular complexity index is 552. The van der Waals surface area contributed by atoms with Gasteiger partial charge in [0.15, 0.2) is 0 Å². The number of aliphatic hydroxyl groups is 1. The Morgan fingerprint density at radius 3 is 2.94 bits per heavy atom. The highest BCUT2D eigenvalue weighted by molar-refractivity contribution is 7.06. The molecule has 0 radical (unpaired) electrons. The number of hydrogen-bond acceptors (Lipinski definition) is 6. The van der Waals surface area contributed by atoms with Gasteiger partial charge in [0.2, 0.25) is 6.41 Å². The fourth-order valence-electron chi connectivity index (χ4n) is 1.82. The van der Waals surface area contributed by atoms with E-state index in [4.69, 9.17) is 9.84 Å². The quantitative estimate of drug-likeness (QED) is 0.721. The van der Waals surface area contributed by atoms with Crippen LogP contribution in [-0.4, -0.2) is 28.8 Å². The Morgan fingerprint density at radius 1 is 1.56 bits per heavy atom. The van der Waals surface area contributed by atoms with Gasteiger partial charge in [-0.25, -0.2) is 0 Å². The van der Waals surface area contributed by atoms with Gasteiger partial charge in [-0.05, 0) is 24.2 Å². The molecule has 0 aliphatic carbocycles. The van der Waals surface area contributed by atoms with E-state index in [0.29, 0.717) is 30.6 Å². The minimum absolute atomic E-state index is 0.0469. The van der Waals surface area contributed by atoms with E-state index in [1.807, 2.05) is 0 Å². The predicted octanol–water partition coefficient (Wildman–Crippen LogP) is -0.492. The molecule has 1 aromatic heterocycles. The summed E-state index contributed by atoms with van der Waals surface area (Å²) < 4.78 is 6.22. The molecular weight excluding hydrogens is 260 g/mol. The van der Waals surface area contributed by atoms with Gasteiger partial charge in [-0.15, -0.1) is 0 Å². The highest BCUT2D eigenvalue weighted by Crippen LogP contribution is 2.27. The van der Waals surface area contributed by atoms with Crippen molar-refractivity contribution < 1.29 is 14.6 Å². The maximum absolute atomic E-state index is 11.7. The number of carbonyl (C=O) groups is 1. The van der Waals surface area contributed by atoms with E-state index in [1.165, 1.54) is 10.8 Å². The zero-order valence-corrected chi connectivity index (χ0v) is 10.2. The van der Waals surface area contributed by atoms with Crippen LogP contribution < -0.4 is 14.9 Å². The van der Waals surface area contributed by atoms with Gasteiger partial charge >= 0.3 is 4.87 Å². The van der Waals surface area contributed by atoms with Crippen molar-refractivity contribution in [3.05, 3.63) is 25.4 Å². The summed E-state index contributed by atoms with van der Waals surface area (Å²) in [7, 11) is 0. The van der Waals surface area contributed by atoms with E-state index >= 15 is 0 Å². The molecule has 1 amide bonds. The largest absolute Gasteiger partial charge is 0.394 e. The molecule has 1 aromatic rings. The number of nitrogens with one attached hydrogen (secondary N) is 1. The normalized spacial score (nSPS) is 22.9. The monoisotopic (exact) mass is 272 g/mol. The Hall–Kier alpha value is -1.51. The molecule has 1 saturated heterocycles. The number of ether oxygens (including phenoxy) is 1. The first-order valence-corrected chi connectivity index (χ1v) is 6.20. The van der Waals surface area contributed by atoms with Crippen LogP contribution in [0.4, 0.5) is 5.69 Å². The molecule has 1 aliphatic heterocycles. The number of amides is 1. The summed E-state index contributed by atoms with van der Waals surface area (Å²) in [5.74, 6) is 0. The van der Waals surface area contributed by atoms with Crippen LogP contribution in [-0.2, 0) is 9.53 Å². The van der Waals surface area contributed by atoms with Crippen molar-refractivity contribution in [3.8, 4) is 0 Å². The number of nitrogens with zero attached hydrogens (tertiary/aromatic N) is 1. The number of rotatable bonds is 4. The summed E-state index contributed by atoms with van der Waals surface area (Å²) in [6, 6.07) is 0. The molecule has 0 saturated carbocycles. The maximum atomic E-state index is 11.7. The van der Waals surface area contributed by atoms with Crippen LogP contribution in [0, 0.1) is 0 Å². The minimum atomic E-state index is -0.501. The highest BCUT2D eigenvalue weighted by atomic mass is 32.1. The van der Waals surface area contributed by atoms with Crippen LogP contribution in [0.2, 0.25) is 0 Å². The van der Waals surface area contributed by atoms with E-state index in [9.17, 15) is 14.4 Å². The topological polar surface area (TPSA) is 97.6 Å². The van der Waals surface area contributed by atoms with Gasteiger partial charge in [-0.3, -0.25) is 19.0 Å². The zero-order valence-electron chi connectivity index (χ0n) is 9.37. The zero-order chi connectivity index (χ0) is 13.1. The third-order valence-electron chi connectivity index (χ3n) is 2.69. The van der Waals surface area contributed by atoms with Crippen molar-refractivity contribution in [1.82, 2.24) is 4.57 Å². The van der Waals surface area contributed by atoms with Crippen LogP contribution in [0.5, 0.6) is 0 Å². The number of aliphatic hydroxyl groups excluding tert-OH is 1. The molecule has 8 heteroatoms. The molecular formula is C10H12N2O5S. The summed E-state index contributed by atoms with van der Waals surface area (Å²) in [5, 5.41) is 11.2. The lowest BCUT2D eigenvalue weighted by Crippen LogP contribution is -2.27. The van der Waals surface area contributed by atoms with Gasteiger partial charge in [0, 0.05) is 6.20 Å². The van der Waals surface area contributed by atoms with E-state index in [-0.39, 0.29) is 18.4 Å². The number of anilines is 1. The Balaban J connectivity index is 2.33. The van der Waals surface area contributed by atoms with E-state index in [2.05, 4.69) is 5.32 Å². The van der Waals surface area contributed by atoms with Crippen molar-refractivity contribution in [2.24, 2.45) is 0 Å². The van der Waals surface area contributed by atoms with Crippen LogP contribution >= 0.6 is 11.3 Å². The van der Waals surface area contributed by atoms with Gasteiger partial charge in [0.25, 0.3) is 4.74 Å². The number of carbonyl (C=O) groups excluding carboxylic acids is 1. The fourth-order valence-corrected chi connectivity index (χ4v) is 2.47. The van der Waals surface area contributed by atoms with Crippen molar-refractivity contribution >= 4 is 23.4 Å². The van der Waals surface area contributed by atoms with Crippen molar-refractivity contribution in [3.63, 3.8) is 0 Å². The summed E-state index contributed by atoms with van der Waals surface area (Å²) in [6.07, 6.45) is 2.09. The molecule has 1 fully saturated rings. The van der Waals surface area contributed by atoms with Crippen LogP contribution in [0.25, 0.3) is 0 Å². The molecule has 2 heterocycles. The third-order valence-corrected chi connectivity index (χ3v) is 3.48. The Morgan fingerprint density at radius 2 is 2.33 bits per heavy atom. The SMILES string of the molecule is O=CNc1cn([C@@H]2CC[C@H](CO)O2)c(=O)sc1=O. The lowest BCUT2D eigenvalue weighted by Gasteiger charge is -2.15. The van der Waals surface area contributed by atoms with E-state index < -0.39 is 15.8 Å². The van der Waals surface area contributed by atoms with Crippen molar-refractivity contribution in [1.29, 1.82) is 0 Å². The molecule has 0 unspecified atom stereocenters. The second-order valence-corrected chi connectivity index (χ2v) is 4.76. The van der Waals surface area contributed by atoms with Gasteiger partial charge in [0.1, 0.15) is 11.9 Å². The van der Waals surface area contributed by atoms with Crippen molar-refractivity contribution in [2.75, 3.05) is 11.9 Å². The molecule has 7 nitrogen and oxygen atoms in total. The molecule has 0 aromatic carbocycles. The smallest absolute Gasteiger partial charge is 0.312 e. The summed E-state index contributed by atoms with van der Waals surface area (Å²) in [4.78, 5) is 33.0. The van der Waals surface area contributed by atoms with Crippen LogP contribution in [0.15, 0.2) is 15.8 Å². The van der Waals surface area contributed by atoms with E-state index in [0.717, 1.165) is 0 Å². The summed E-state index contributed by atoms with van der Waals surface area (Å²) in [6.45, 7) is -0.103. The highest BCUT2D eigenvalue weighted by Gasteiger charge is 2.27. The number of hydrogen-bond donors (Lipinski definition) is 2. The van der Waals surface area contributed by atoms with Crippen LogP contribution in [0.1, 0.15) is 19.1 Å². The summed E-state index contributed by atoms with van der Waals surface area (Å²) >= 11 is 0.509. The Kier molecular flexibility index (Phi) is 3.90. The molecule has 1 aliphatic rings. The lowest BCUT2D eigenvalue weighted by atomic mass is 10.2. The average molecular weight is 272 g/mol. The molecule has 2 N–H and O–H groups in total. The standard InChI is InChI=1S/C10H12N2O5S/c13-4-6-1-2-8(17-6)12-3-7(11-5-14)9(15)18-10(12)16/h3,5-6,8,13H,1-2,4H2,(H,11,14)/t6-,8+/m1/s1. The Labute approximate surface area is 106 Å². The van der Waals surface area contributed by atoms with Crippen LogP contribution in [0.3, 0.4) is 0 Å². The average Bonchev–Trinajstić information content (AvgIpc) is 2.81. The molecule has 2 rings (SSSR count). The molecule has 2 atom stereocenters. The van der Waals surface area contributed by atoms with Gasteiger partial charge in [-0.2, -0.15) is 0 Å². The minimum Gasteiger partial charge on any atom is -0.394 e. The van der Waals surface area contributed by atoms with E-state index in [1.54, 1.807) is 0 Å². The predicted molar refractivity (Wildman–Crippen MR) is 64.8 cm³/mol. The summed E-state index contributed by atoms with van der Waals surface area (Å²) in [5.41, 5.74) is 0.0469. The second-order valence-electron chi connectivity index (χ2n) is 3.84. The van der Waals surface area contributed by atoms with Gasteiger partial charge in [0.05, 0.1) is 12.7 Å². The number of aromatic nitrogens is 1. The lowest BCUT2D eigenvalue weighted by molar-refractivity contribution is -0.105. The first kappa shape index (κ1) is 12.9. The molecule has 18 heavy (non-hydrogen) atoms. The maximum Gasteiger partial charge on any atom is 0.312 e. The van der Waals surface area contributed by atoms with Crippen molar-refractivity contribution in [2.45, 2.75) is 25.2 Å². The van der Waals surface area contributed by atoms with Gasteiger partial charge < -0.3 is 15.2 Å². The molecule has 0 bridgehead atoms. The first-order chi connectivity index (χ1) is 8.65. The fraction of sp³-hybridized carbons (Fsp3) is 0.500.